The Labute approximate surface area is 118 Å². The third-order valence-corrected chi connectivity index (χ3v) is 3.44. The van der Waals surface area contributed by atoms with E-state index in [2.05, 4.69) is 60.2 Å². The third-order valence-electron chi connectivity index (χ3n) is 3.44. The molecule has 1 heterocycles. The van der Waals surface area contributed by atoms with Crippen molar-refractivity contribution in [1.82, 2.24) is 20.4 Å². The molecule has 2 N–H and O–H groups in total. The molecule has 1 unspecified atom stereocenters. The first-order valence-electron chi connectivity index (χ1n) is 7.23. The van der Waals surface area contributed by atoms with Gasteiger partial charge in [-0.25, -0.2) is 0 Å². The molecule has 0 aromatic heterocycles. The van der Waals surface area contributed by atoms with E-state index in [4.69, 9.17) is 0 Å². The highest BCUT2D eigenvalue weighted by molar-refractivity contribution is 5.80. The molecule has 0 saturated carbocycles. The molecule has 5 heteroatoms. The predicted molar refractivity (Wildman–Crippen MR) is 82.8 cm³/mol. The molecule has 1 saturated heterocycles. The molecule has 0 spiro atoms. The average Bonchev–Trinajstić information content (AvgIpc) is 2.33. The van der Waals surface area contributed by atoms with Gasteiger partial charge in [-0.15, -0.1) is 0 Å². The van der Waals surface area contributed by atoms with Crippen molar-refractivity contribution in [2.24, 2.45) is 4.99 Å². The number of nitrogens with one attached hydrogen (secondary N) is 2. The highest BCUT2D eigenvalue weighted by Crippen LogP contribution is 2.04. The van der Waals surface area contributed by atoms with Crippen LogP contribution in [0.3, 0.4) is 0 Å². The minimum Gasteiger partial charge on any atom is -0.355 e. The summed E-state index contributed by atoms with van der Waals surface area (Å²) in [4.78, 5) is 9.19. The maximum absolute atomic E-state index is 4.27. The maximum atomic E-state index is 4.27. The van der Waals surface area contributed by atoms with Gasteiger partial charge in [0.05, 0.1) is 0 Å². The van der Waals surface area contributed by atoms with Crippen LogP contribution in [0.4, 0.5) is 0 Å². The zero-order chi connectivity index (χ0) is 14.5. The summed E-state index contributed by atoms with van der Waals surface area (Å²) >= 11 is 0. The van der Waals surface area contributed by atoms with E-state index >= 15 is 0 Å². The number of hydrogen-bond donors (Lipinski definition) is 2. The monoisotopic (exact) mass is 269 g/mol. The van der Waals surface area contributed by atoms with Crippen LogP contribution in [-0.2, 0) is 0 Å². The summed E-state index contributed by atoms with van der Waals surface area (Å²) in [5.74, 6) is 0.883. The topological polar surface area (TPSA) is 42.9 Å². The lowest BCUT2D eigenvalue weighted by Gasteiger charge is -2.36. The highest BCUT2D eigenvalue weighted by atomic mass is 15.3. The van der Waals surface area contributed by atoms with E-state index in [0.29, 0.717) is 6.04 Å². The normalized spacial score (nSPS) is 21.3. The van der Waals surface area contributed by atoms with Crippen LogP contribution in [0.25, 0.3) is 0 Å². The van der Waals surface area contributed by atoms with E-state index in [-0.39, 0.29) is 5.54 Å². The highest BCUT2D eigenvalue weighted by Gasteiger charge is 2.19. The third kappa shape index (κ3) is 6.25. The van der Waals surface area contributed by atoms with Gasteiger partial charge in [-0.2, -0.15) is 0 Å². The molecule has 19 heavy (non-hydrogen) atoms. The molecule has 0 radical (unpaired) electrons. The largest absolute Gasteiger partial charge is 0.355 e. The minimum absolute atomic E-state index is 0.0406. The van der Waals surface area contributed by atoms with Crippen LogP contribution >= 0.6 is 0 Å². The van der Waals surface area contributed by atoms with Gasteiger partial charge in [-0.3, -0.25) is 9.89 Å². The Kier molecular flexibility index (Phi) is 6.07. The molecule has 1 rings (SSSR count). The predicted octanol–water partition coefficient (Wildman–Crippen LogP) is 0.586. The Morgan fingerprint density at radius 1 is 1.21 bits per heavy atom. The lowest BCUT2D eigenvalue weighted by atomic mass is 10.1. The zero-order valence-electron chi connectivity index (χ0n) is 13.5. The second-order valence-electron chi connectivity index (χ2n) is 6.52. The Hall–Kier alpha value is -0.810. The summed E-state index contributed by atoms with van der Waals surface area (Å²) in [5.41, 5.74) is 0.0406. The molecule has 0 bridgehead atoms. The second-order valence-corrected chi connectivity index (χ2v) is 6.52. The summed E-state index contributed by atoms with van der Waals surface area (Å²) in [5, 5.41) is 6.80. The first-order valence-corrected chi connectivity index (χ1v) is 7.23. The first-order chi connectivity index (χ1) is 8.81. The zero-order valence-corrected chi connectivity index (χ0v) is 13.5. The van der Waals surface area contributed by atoms with E-state index in [1.807, 2.05) is 7.05 Å². The number of hydrogen-bond acceptors (Lipinski definition) is 3. The van der Waals surface area contributed by atoms with Crippen LogP contribution in [0, 0.1) is 0 Å². The molecule has 1 fully saturated rings. The molecule has 1 atom stereocenters. The van der Waals surface area contributed by atoms with E-state index < -0.39 is 0 Å². The van der Waals surface area contributed by atoms with E-state index in [0.717, 1.165) is 25.6 Å². The Morgan fingerprint density at radius 3 is 2.26 bits per heavy atom. The second kappa shape index (κ2) is 7.10. The number of piperazine rings is 1. The van der Waals surface area contributed by atoms with Gasteiger partial charge < -0.3 is 15.5 Å². The quantitative estimate of drug-likeness (QED) is 0.581. The fourth-order valence-corrected chi connectivity index (χ4v) is 2.17. The molecule has 5 nitrogen and oxygen atoms in total. The Balaban J connectivity index is 2.34. The Bertz CT molecular complexity index is 287. The van der Waals surface area contributed by atoms with Crippen molar-refractivity contribution in [3.05, 3.63) is 0 Å². The van der Waals surface area contributed by atoms with Gasteiger partial charge in [0.15, 0.2) is 5.96 Å². The summed E-state index contributed by atoms with van der Waals surface area (Å²) in [7, 11) is 4.01. The summed E-state index contributed by atoms with van der Waals surface area (Å²) in [6, 6.07) is 0.534. The molecular formula is C14H31N5. The Morgan fingerprint density at radius 2 is 1.79 bits per heavy atom. The first kappa shape index (κ1) is 16.2. The van der Waals surface area contributed by atoms with Gasteiger partial charge in [0.25, 0.3) is 0 Å². The van der Waals surface area contributed by atoms with Crippen molar-refractivity contribution >= 4 is 5.96 Å². The summed E-state index contributed by atoms with van der Waals surface area (Å²) in [6.45, 7) is 14.3. The van der Waals surface area contributed by atoms with Gasteiger partial charge in [0.1, 0.15) is 0 Å². The fourth-order valence-electron chi connectivity index (χ4n) is 2.17. The van der Waals surface area contributed by atoms with Crippen molar-refractivity contribution in [2.75, 3.05) is 46.8 Å². The molecule has 0 aromatic carbocycles. The van der Waals surface area contributed by atoms with Crippen LogP contribution in [0.5, 0.6) is 0 Å². The summed E-state index contributed by atoms with van der Waals surface area (Å²) in [6.07, 6.45) is 0. The van der Waals surface area contributed by atoms with Crippen molar-refractivity contribution in [2.45, 2.75) is 39.3 Å². The SMILES string of the molecule is CN=C(NCC(C)N1CCN(C)CC1)NC(C)(C)C. The van der Waals surface area contributed by atoms with Gasteiger partial charge in [-0.05, 0) is 34.7 Å². The van der Waals surface area contributed by atoms with E-state index in [1.165, 1.54) is 13.1 Å². The van der Waals surface area contributed by atoms with Crippen molar-refractivity contribution < 1.29 is 0 Å². The number of nitrogens with zero attached hydrogens (tertiary/aromatic N) is 3. The van der Waals surface area contributed by atoms with Gasteiger partial charge in [0, 0.05) is 51.4 Å². The van der Waals surface area contributed by atoms with Gasteiger partial charge in [-0.1, -0.05) is 0 Å². The van der Waals surface area contributed by atoms with Crippen LogP contribution in [0.2, 0.25) is 0 Å². The van der Waals surface area contributed by atoms with Crippen LogP contribution in [0.1, 0.15) is 27.7 Å². The number of aliphatic imine (C=N–C) groups is 1. The van der Waals surface area contributed by atoms with Crippen molar-refractivity contribution in [1.29, 1.82) is 0 Å². The van der Waals surface area contributed by atoms with E-state index in [9.17, 15) is 0 Å². The van der Waals surface area contributed by atoms with Gasteiger partial charge >= 0.3 is 0 Å². The van der Waals surface area contributed by atoms with E-state index in [1.54, 1.807) is 0 Å². The lowest BCUT2D eigenvalue weighted by molar-refractivity contribution is 0.120. The average molecular weight is 269 g/mol. The molecular weight excluding hydrogens is 238 g/mol. The smallest absolute Gasteiger partial charge is 0.191 e. The molecule has 112 valence electrons. The lowest BCUT2D eigenvalue weighted by Crippen LogP contribution is -2.54. The molecule has 0 aliphatic carbocycles. The fraction of sp³-hybridized carbons (Fsp3) is 0.929. The number of rotatable bonds is 3. The maximum Gasteiger partial charge on any atom is 0.191 e. The standard InChI is InChI=1S/C14H31N5/c1-12(19-9-7-18(6)8-10-19)11-16-13(15-5)17-14(2,3)4/h12H,7-11H2,1-6H3,(H2,15,16,17). The minimum atomic E-state index is 0.0406. The van der Waals surface area contributed by atoms with Crippen LogP contribution in [0.15, 0.2) is 4.99 Å². The molecule has 1 aliphatic rings. The van der Waals surface area contributed by atoms with Gasteiger partial charge in [0.2, 0.25) is 0 Å². The van der Waals surface area contributed by atoms with Crippen molar-refractivity contribution in [3.63, 3.8) is 0 Å². The summed E-state index contributed by atoms with van der Waals surface area (Å²) < 4.78 is 0. The van der Waals surface area contributed by atoms with Crippen molar-refractivity contribution in [3.8, 4) is 0 Å². The molecule has 1 aliphatic heterocycles. The number of guanidine groups is 1. The van der Waals surface area contributed by atoms with Crippen LogP contribution < -0.4 is 10.6 Å². The number of likely N-dealkylation sites (N-methyl/N-ethyl adjacent to an activating group) is 1. The van der Waals surface area contributed by atoms with Crippen LogP contribution in [-0.4, -0.2) is 74.2 Å². The molecule has 0 amide bonds. The molecule has 0 aromatic rings.